The Kier molecular flexibility index (Phi) is 5.21. The van der Waals surface area contributed by atoms with Gasteiger partial charge in [-0.05, 0) is 6.07 Å². The van der Waals surface area contributed by atoms with E-state index in [0.29, 0.717) is 17.1 Å². The zero-order valence-electron chi connectivity index (χ0n) is 11.4. The SMILES string of the molecule is COC(=O)CCc1csc(NCc2ccc(F)cc2F)n1. The van der Waals surface area contributed by atoms with Crippen molar-refractivity contribution in [2.24, 2.45) is 0 Å². The number of carbonyl (C=O) groups excluding carboxylic acids is 1. The van der Waals surface area contributed by atoms with Crippen LogP contribution < -0.4 is 5.32 Å². The quantitative estimate of drug-likeness (QED) is 0.833. The molecule has 0 atom stereocenters. The fourth-order valence-corrected chi connectivity index (χ4v) is 2.41. The number of ether oxygens (including phenoxy) is 1. The molecule has 7 heteroatoms. The second kappa shape index (κ2) is 7.12. The minimum atomic E-state index is -0.601. The van der Waals surface area contributed by atoms with Crippen molar-refractivity contribution >= 4 is 22.4 Å². The highest BCUT2D eigenvalue weighted by molar-refractivity contribution is 7.13. The Hall–Kier alpha value is -2.02. The molecule has 1 N–H and O–H groups in total. The third-order valence-electron chi connectivity index (χ3n) is 2.81. The molecule has 0 aliphatic carbocycles. The third kappa shape index (κ3) is 4.49. The lowest BCUT2D eigenvalue weighted by molar-refractivity contribution is -0.140. The van der Waals surface area contributed by atoms with Crippen molar-refractivity contribution in [2.75, 3.05) is 12.4 Å². The van der Waals surface area contributed by atoms with Gasteiger partial charge < -0.3 is 10.1 Å². The lowest BCUT2D eigenvalue weighted by Crippen LogP contribution is -2.03. The minimum Gasteiger partial charge on any atom is -0.469 e. The first-order valence-electron chi connectivity index (χ1n) is 6.27. The van der Waals surface area contributed by atoms with E-state index in [9.17, 15) is 13.6 Å². The van der Waals surface area contributed by atoms with Crippen molar-refractivity contribution < 1.29 is 18.3 Å². The van der Waals surface area contributed by atoms with E-state index in [1.165, 1.54) is 30.6 Å². The van der Waals surface area contributed by atoms with E-state index >= 15 is 0 Å². The van der Waals surface area contributed by atoms with Crippen molar-refractivity contribution in [3.8, 4) is 0 Å². The van der Waals surface area contributed by atoms with Gasteiger partial charge in [-0.15, -0.1) is 11.3 Å². The number of methoxy groups -OCH3 is 1. The van der Waals surface area contributed by atoms with Crippen LogP contribution in [0.2, 0.25) is 0 Å². The normalized spacial score (nSPS) is 10.4. The van der Waals surface area contributed by atoms with Gasteiger partial charge in [0.05, 0.1) is 19.2 Å². The Balaban J connectivity index is 1.89. The van der Waals surface area contributed by atoms with Crippen LogP contribution >= 0.6 is 11.3 Å². The van der Waals surface area contributed by atoms with Gasteiger partial charge in [0, 0.05) is 30.0 Å². The van der Waals surface area contributed by atoms with E-state index in [4.69, 9.17) is 0 Å². The number of aryl methyl sites for hydroxylation is 1. The van der Waals surface area contributed by atoms with Gasteiger partial charge in [0.15, 0.2) is 5.13 Å². The van der Waals surface area contributed by atoms with Crippen molar-refractivity contribution in [1.29, 1.82) is 0 Å². The van der Waals surface area contributed by atoms with Crippen molar-refractivity contribution in [2.45, 2.75) is 19.4 Å². The van der Waals surface area contributed by atoms with E-state index in [1.807, 2.05) is 5.38 Å². The average molecular weight is 312 g/mol. The number of hydrogen-bond donors (Lipinski definition) is 1. The van der Waals surface area contributed by atoms with Gasteiger partial charge in [0.1, 0.15) is 11.6 Å². The van der Waals surface area contributed by atoms with Gasteiger partial charge in [-0.1, -0.05) is 6.07 Å². The number of carbonyl (C=O) groups is 1. The van der Waals surface area contributed by atoms with E-state index in [2.05, 4.69) is 15.0 Å². The lowest BCUT2D eigenvalue weighted by atomic mass is 10.2. The predicted molar refractivity (Wildman–Crippen MR) is 76.1 cm³/mol. The molecule has 0 spiro atoms. The maximum Gasteiger partial charge on any atom is 0.305 e. The maximum absolute atomic E-state index is 13.5. The van der Waals surface area contributed by atoms with Crippen LogP contribution in [0.1, 0.15) is 17.7 Å². The summed E-state index contributed by atoms with van der Waals surface area (Å²) in [6.07, 6.45) is 0.766. The molecule has 0 saturated carbocycles. The van der Waals surface area contributed by atoms with Crippen LogP contribution in [0.3, 0.4) is 0 Å². The first-order valence-corrected chi connectivity index (χ1v) is 7.15. The zero-order chi connectivity index (χ0) is 15.2. The Morgan fingerprint density at radius 1 is 1.43 bits per heavy atom. The van der Waals surface area contributed by atoms with Crippen molar-refractivity contribution in [3.63, 3.8) is 0 Å². The summed E-state index contributed by atoms with van der Waals surface area (Å²) in [6, 6.07) is 3.45. The number of thiazole rings is 1. The summed E-state index contributed by atoms with van der Waals surface area (Å²) in [4.78, 5) is 15.3. The maximum atomic E-state index is 13.5. The van der Waals surface area contributed by atoms with Crippen LogP contribution in [-0.4, -0.2) is 18.1 Å². The summed E-state index contributed by atoms with van der Waals surface area (Å²) in [5.74, 6) is -1.48. The van der Waals surface area contributed by atoms with Crippen molar-refractivity contribution in [3.05, 3.63) is 46.5 Å². The Labute approximate surface area is 124 Å². The van der Waals surface area contributed by atoms with Gasteiger partial charge in [0.25, 0.3) is 0 Å². The third-order valence-corrected chi connectivity index (χ3v) is 3.66. The van der Waals surface area contributed by atoms with Gasteiger partial charge in [-0.3, -0.25) is 4.79 Å². The highest BCUT2D eigenvalue weighted by Gasteiger charge is 2.07. The summed E-state index contributed by atoms with van der Waals surface area (Å²) < 4.78 is 30.8. The molecular weight excluding hydrogens is 298 g/mol. The molecule has 0 aliphatic heterocycles. The lowest BCUT2D eigenvalue weighted by Gasteiger charge is -2.04. The number of anilines is 1. The average Bonchev–Trinajstić information content (AvgIpc) is 2.92. The molecular formula is C14H14F2N2O2S. The highest BCUT2D eigenvalue weighted by atomic mass is 32.1. The van der Waals surface area contributed by atoms with Crippen LogP contribution in [0.15, 0.2) is 23.6 Å². The second-order valence-corrected chi connectivity index (χ2v) is 5.17. The molecule has 0 aliphatic rings. The van der Waals surface area contributed by atoms with E-state index in [0.717, 1.165) is 11.8 Å². The molecule has 2 rings (SSSR count). The van der Waals surface area contributed by atoms with Crippen LogP contribution in [0.4, 0.5) is 13.9 Å². The molecule has 112 valence electrons. The molecule has 4 nitrogen and oxygen atoms in total. The molecule has 0 amide bonds. The summed E-state index contributed by atoms with van der Waals surface area (Å²) in [5, 5.41) is 5.42. The van der Waals surface area contributed by atoms with Gasteiger partial charge in [0.2, 0.25) is 0 Å². The summed E-state index contributed by atoms with van der Waals surface area (Å²) >= 11 is 1.37. The first kappa shape index (κ1) is 15.4. The minimum absolute atomic E-state index is 0.218. The van der Waals surface area contributed by atoms with E-state index in [1.54, 1.807) is 0 Å². The predicted octanol–water partition coefficient (Wildman–Crippen LogP) is 3.14. The fourth-order valence-electron chi connectivity index (χ4n) is 1.67. The second-order valence-electron chi connectivity index (χ2n) is 4.31. The number of halogens is 2. The van der Waals surface area contributed by atoms with Crippen LogP contribution in [0.5, 0.6) is 0 Å². The highest BCUT2D eigenvalue weighted by Crippen LogP contribution is 2.18. The number of aromatic nitrogens is 1. The van der Waals surface area contributed by atoms with Crippen LogP contribution in [-0.2, 0) is 22.5 Å². The number of benzene rings is 1. The van der Waals surface area contributed by atoms with Crippen LogP contribution in [0.25, 0.3) is 0 Å². The fraction of sp³-hybridized carbons (Fsp3) is 0.286. The summed E-state index contributed by atoms with van der Waals surface area (Å²) in [7, 11) is 1.34. The topological polar surface area (TPSA) is 51.2 Å². The molecule has 1 heterocycles. The van der Waals surface area contributed by atoms with E-state index in [-0.39, 0.29) is 18.9 Å². The zero-order valence-corrected chi connectivity index (χ0v) is 12.2. The monoisotopic (exact) mass is 312 g/mol. The van der Waals surface area contributed by atoms with Gasteiger partial charge in [-0.25, -0.2) is 13.8 Å². The molecule has 21 heavy (non-hydrogen) atoms. The molecule has 1 aromatic heterocycles. The van der Waals surface area contributed by atoms with Crippen LogP contribution in [0, 0.1) is 11.6 Å². The number of nitrogens with one attached hydrogen (secondary N) is 1. The van der Waals surface area contributed by atoms with E-state index < -0.39 is 11.6 Å². The smallest absolute Gasteiger partial charge is 0.305 e. The molecule has 0 radical (unpaired) electrons. The molecule has 0 fully saturated rings. The Morgan fingerprint density at radius 3 is 2.95 bits per heavy atom. The number of esters is 1. The first-order chi connectivity index (χ1) is 10.1. The molecule has 0 unspecified atom stereocenters. The molecule has 2 aromatic rings. The molecule has 1 aromatic carbocycles. The molecule has 0 bridgehead atoms. The standard InChI is InChI=1S/C14H14F2N2O2S/c1-20-13(19)5-4-11-8-21-14(18-11)17-7-9-2-3-10(15)6-12(9)16/h2-3,6,8H,4-5,7H2,1H3,(H,17,18). The number of rotatable bonds is 6. The largest absolute Gasteiger partial charge is 0.469 e. The molecule has 0 saturated heterocycles. The van der Waals surface area contributed by atoms with Crippen molar-refractivity contribution in [1.82, 2.24) is 4.98 Å². The number of nitrogens with zero attached hydrogens (tertiary/aromatic N) is 1. The number of hydrogen-bond acceptors (Lipinski definition) is 5. The Morgan fingerprint density at radius 2 is 2.24 bits per heavy atom. The summed E-state index contributed by atoms with van der Waals surface area (Å²) in [6.45, 7) is 0.218. The van der Waals surface area contributed by atoms with Gasteiger partial charge >= 0.3 is 5.97 Å². The Bertz CT molecular complexity index is 631. The van der Waals surface area contributed by atoms with Gasteiger partial charge in [-0.2, -0.15) is 0 Å². The summed E-state index contributed by atoms with van der Waals surface area (Å²) in [5.41, 5.74) is 1.13.